The second-order valence-electron chi connectivity index (χ2n) is 7.33. The molecular formula is C20H23N3O3S. The maximum atomic E-state index is 12.7. The van der Waals surface area contributed by atoms with E-state index in [9.17, 15) is 9.59 Å². The number of aromatic nitrogens is 1. The number of carbonyl (C=O) groups is 2. The Hall–Kier alpha value is -2.12. The summed E-state index contributed by atoms with van der Waals surface area (Å²) < 4.78 is 4.99. The zero-order valence-electron chi connectivity index (χ0n) is 15.5. The second-order valence-corrected chi connectivity index (χ2v) is 8.42. The van der Waals surface area contributed by atoms with Crippen LogP contribution in [-0.2, 0) is 0 Å². The van der Waals surface area contributed by atoms with E-state index in [4.69, 9.17) is 4.52 Å². The van der Waals surface area contributed by atoms with Crippen molar-refractivity contribution in [3.8, 4) is 0 Å². The number of amides is 1. The molecule has 1 aromatic carbocycles. The first-order valence-corrected chi connectivity index (χ1v) is 10.1. The third kappa shape index (κ3) is 3.80. The smallest absolute Gasteiger partial charge is 0.251 e. The van der Waals surface area contributed by atoms with Crippen molar-refractivity contribution in [2.75, 3.05) is 13.1 Å². The molecule has 3 fully saturated rings. The lowest BCUT2D eigenvalue weighted by Gasteiger charge is -2.49. The highest BCUT2D eigenvalue weighted by atomic mass is 32.2. The molecule has 0 saturated carbocycles. The number of carbonyl (C=O) groups excluding carboxylic acids is 2. The van der Waals surface area contributed by atoms with E-state index in [0.717, 1.165) is 18.0 Å². The molecule has 142 valence electrons. The first-order chi connectivity index (χ1) is 13.0. The van der Waals surface area contributed by atoms with Gasteiger partial charge in [0.15, 0.2) is 5.78 Å². The number of benzene rings is 1. The third-order valence-corrected chi connectivity index (χ3v) is 6.56. The molecule has 1 unspecified atom stereocenters. The molecule has 1 aromatic heterocycles. The molecule has 4 heterocycles. The molecule has 2 bridgehead atoms. The molecule has 3 saturated heterocycles. The van der Waals surface area contributed by atoms with Gasteiger partial charge >= 0.3 is 0 Å². The Morgan fingerprint density at radius 2 is 1.93 bits per heavy atom. The van der Waals surface area contributed by atoms with Crippen LogP contribution in [0.2, 0.25) is 0 Å². The molecule has 2 aromatic rings. The lowest BCUT2D eigenvalue weighted by molar-refractivity contribution is 0.0217. The van der Waals surface area contributed by atoms with Gasteiger partial charge in [0, 0.05) is 35.5 Å². The maximum absolute atomic E-state index is 12.7. The van der Waals surface area contributed by atoms with Gasteiger partial charge in [-0.1, -0.05) is 16.9 Å². The quantitative estimate of drug-likeness (QED) is 0.797. The van der Waals surface area contributed by atoms with Crippen LogP contribution in [0.4, 0.5) is 0 Å². The van der Waals surface area contributed by atoms with Crippen LogP contribution in [0.25, 0.3) is 0 Å². The number of hydrogen-bond acceptors (Lipinski definition) is 6. The number of hydrogen-bond donors (Lipinski definition) is 1. The summed E-state index contributed by atoms with van der Waals surface area (Å²) in [6.07, 6.45) is 2.34. The Balaban J connectivity index is 1.39. The Labute approximate surface area is 162 Å². The molecule has 6 nitrogen and oxygen atoms in total. The molecule has 5 rings (SSSR count). The summed E-state index contributed by atoms with van der Waals surface area (Å²) in [4.78, 5) is 27.4. The molecule has 3 aliphatic rings. The number of piperidine rings is 3. The van der Waals surface area contributed by atoms with Gasteiger partial charge in [0.25, 0.3) is 5.91 Å². The molecule has 0 aliphatic carbocycles. The standard InChI is InChI=1S/C20H23N3O3S/c1-12-19(14-7-9-23(12)10-8-14)21-20(25)15-3-5-16(6-4-15)27-18-11-17(13(2)24)26-22-18/h3-6,11-12,14,19H,7-10H2,1-2H3,(H,21,25)/t12?,19-/m0/s1. The van der Waals surface area contributed by atoms with Crippen molar-refractivity contribution in [1.82, 2.24) is 15.4 Å². The van der Waals surface area contributed by atoms with Crippen molar-refractivity contribution >= 4 is 23.5 Å². The molecule has 27 heavy (non-hydrogen) atoms. The third-order valence-electron chi connectivity index (χ3n) is 5.65. The highest BCUT2D eigenvalue weighted by molar-refractivity contribution is 7.99. The van der Waals surface area contributed by atoms with Crippen LogP contribution in [0.15, 0.2) is 44.8 Å². The number of rotatable bonds is 5. The number of Topliss-reactive ketones (excluding diaryl/α,β-unsaturated/α-hetero) is 1. The van der Waals surface area contributed by atoms with Crippen LogP contribution in [0, 0.1) is 5.92 Å². The van der Waals surface area contributed by atoms with E-state index < -0.39 is 0 Å². The summed E-state index contributed by atoms with van der Waals surface area (Å²) in [5.74, 6) is 0.673. The fourth-order valence-corrected chi connectivity index (χ4v) is 4.80. The summed E-state index contributed by atoms with van der Waals surface area (Å²) in [5, 5.41) is 7.75. The summed E-state index contributed by atoms with van der Waals surface area (Å²) in [6.45, 7) is 5.95. The molecule has 1 N–H and O–H groups in total. The number of ketones is 1. The molecule has 7 heteroatoms. The fourth-order valence-electron chi connectivity index (χ4n) is 4.05. The van der Waals surface area contributed by atoms with Crippen molar-refractivity contribution in [3.05, 3.63) is 41.7 Å². The molecule has 0 radical (unpaired) electrons. The van der Waals surface area contributed by atoms with Gasteiger partial charge in [-0.3, -0.25) is 14.5 Å². The predicted octanol–water partition coefficient (Wildman–Crippen LogP) is 3.24. The average Bonchev–Trinajstić information content (AvgIpc) is 3.14. The SMILES string of the molecule is CC(=O)c1cc(Sc2ccc(C(=O)N[C@@H]3C4CCN(CC4)C3C)cc2)no1. The first-order valence-electron chi connectivity index (χ1n) is 9.32. The lowest BCUT2D eigenvalue weighted by atomic mass is 9.79. The zero-order valence-corrected chi connectivity index (χ0v) is 16.3. The topological polar surface area (TPSA) is 75.4 Å². The van der Waals surface area contributed by atoms with E-state index in [1.807, 2.05) is 24.3 Å². The molecule has 2 atom stereocenters. The number of nitrogens with one attached hydrogen (secondary N) is 1. The van der Waals surface area contributed by atoms with E-state index in [2.05, 4.69) is 22.3 Å². The summed E-state index contributed by atoms with van der Waals surface area (Å²) in [7, 11) is 0. The van der Waals surface area contributed by atoms with Crippen LogP contribution < -0.4 is 5.32 Å². The van der Waals surface area contributed by atoms with E-state index in [1.165, 1.54) is 31.5 Å². The summed E-state index contributed by atoms with van der Waals surface area (Å²) >= 11 is 1.40. The van der Waals surface area contributed by atoms with Gasteiger partial charge in [0.2, 0.25) is 5.76 Å². The Morgan fingerprint density at radius 1 is 1.22 bits per heavy atom. The Bertz CT molecular complexity index is 838. The van der Waals surface area contributed by atoms with Crippen LogP contribution in [0.1, 0.15) is 47.6 Å². The normalized spacial score (nSPS) is 26.7. The van der Waals surface area contributed by atoms with Crippen molar-refractivity contribution < 1.29 is 14.1 Å². The van der Waals surface area contributed by atoms with Crippen LogP contribution in [0.5, 0.6) is 0 Å². The first kappa shape index (κ1) is 18.3. The highest BCUT2D eigenvalue weighted by Gasteiger charge is 2.40. The van der Waals surface area contributed by atoms with Crippen molar-refractivity contribution in [1.29, 1.82) is 0 Å². The minimum absolute atomic E-state index is 0.0162. The second kappa shape index (κ2) is 7.48. The van der Waals surface area contributed by atoms with Crippen LogP contribution in [-0.4, -0.2) is 46.9 Å². The van der Waals surface area contributed by atoms with Crippen molar-refractivity contribution in [2.24, 2.45) is 5.92 Å². The number of nitrogens with zero attached hydrogens (tertiary/aromatic N) is 2. The van der Waals surface area contributed by atoms with E-state index in [0.29, 0.717) is 22.5 Å². The molecular weight excluding hydrogens is 362 g/mol. The Kier molecular flexibility index (Phi) is 5.06. The zero-order chi connectivity index (χ0) is 19.0. The van der Waals surface area contributed by atoms with Gasteiger partial charge in [0.05, 0.1) is 0 Å². The largest absolute Gasteiger partial charge is 0.352 e. The monoisotopic (exact) mass is 385 g/mol. The van der Waals surface area contributed by atoms with Gasteiger partial charge in [0.1, 0.15) is 5.03 Å². The maximum Gasteiger partial charge on any atom is 0.251 e. The summed E-state index contributed by atoms with van der Waals surface area (Å²) in [6, 6.07) is 9.70. The molecule has 0 spiro atoms. The molecule has 3 aliphatic heterocycles. The van der Waals surface area contributed by atoms with Gasteiger partial charge in [-0.15, -0.1) is 0 Å². The van der Waals surface area contributed by atoms with Gasteiger partial charge in [-0.05, 0) is 63.0 Å². The van der Waals surface area contributed by atoms with E-state index in [1.54, 1.807) is 6.07 Å². The number of fused-ring (bicyclic) bond motifs is 3. The lowest BCUT2D eigenvalue weighted by Crippen LogP contribution is -2.62. The van der Waals surface area contributed by atoms with Gasteiger partial charge in [-0.25, -0.2) is 0 Å². The van der Waals surface area contributed by atoms with Crippen molar-refractivity contribution in [2.45, 2.75) is 48.7 Å². The van der Waals surface area contributed by atoms with E-state index >= 15 is 0 Å². The van der Waals surface area contributed by atoms with E-state index in [-0.39, 0.29) is 23.5 Å². The minimum atomic E-state index is -0.150. The van der Waals surface area contributed by atoms with Gasteiger partial charge in [-0.2, -0.15) is 0 Å². The van der Waals surface area contributed by atoms with Crippen LogP contribution in [0.3, 0.4) is 0 Å². The van der Waals surface area contributed by atoms with Crippen molar-refractivity contribution in [3.63, 3.8) is 0 Å². The fraction of sp³-hybridized carbons (Fsp3) is 0.450. The minimum Gasteiger partial charge on any atom is -0.352 e. The Morgan fingerprint density at radius 3 is 2.52 bits per heavy atom. The van der Waals surface area contributed by atoms with Crippen LogP contribution >= 0.6 is 11.8 Å². The highest BCUT2D eigenvalue weighted by Crippen LogP contribution is 2.32. The average molecular weight is 385 g/mol. The molecule has 1 amide bonds. The summed E-state index contributed by atoms with van der Waals surface area (Å²) in [5.41, 5.74) is 0.660. The predicted molar refractivity (Wildman–Crippen MR) is 102 cm³/mol. The van der Waals surface area contributed by atoms with Gasteiger partial charge < -0.3 is 9.84 Å².